The molecule has 0 spiro atoms. The van der Waals surface area contributed by atoms with Gasteiger partial charge in [-0.3, -0.25) is 0 Å². The van der Waals surface area contributed by atoms with Crippen LogP contribution in [-0.4, -0.2) is 15.2 Å². The van der Waals surface area contributed by atoms with Gasteiger partial charge in [-0.1, -0.05) is 18.3 Å². The van der Waals surface area contributed by atoms with Crippen LogP contribution in [-0.2, 0) is 6.18 Å². The Balaban J connectivity index is 2.34. The fourth-order valence-corrected chi connectivity index (χ4v) is 1.58. The van der Waals surface area contributed by atoms with Gasteiger partial charge in [0, 0.05) is 0 Å². The first-order valence-corrected chi connectivity index (χ1v) is 5.75. The fraction of sp³-hybridized carbons (Fsp3) is 0.0833. The smallest absolute Gasteiger partial charge is 0.416 e. The minimum Gasteiger partial charge on any atom is -0.437 e. The minimum atomic E-state index is -4.45. The molecule has 1 aromatic heterocycles. The second kappa shape index (κ2) is 5.41. The third-order valence-electron chi connectivity index (χ3n) is 2.33. The maximum Gasteiger partial charge on any atom is 0.416 e. The topological polar surface area (TPSA) is 61.0 Å². The molecule has 104 valence electrons. The number of rotatable bonds is 3. The quantitative estimate of drug-likeness (QED) is 0.883. The molecule has 20 heavy (non-hydrogen) atoms. The molecular formula is C12H8F3N3OS. The lowest BCUT2D eigenvalue weighted by Crippen LogP contribution is -2.12. The molecule has 0 aliphatic heterocycles. The number of nitrogens with two attached hydrogens (primary N) is 1. The molecule has 1 aromatic carbocycles. The molecule has 1 heterocycles. The molecule has 0 unspecified atom stereocenters. The van der Waals surface area contributed by atoms with Gasteiger partial charge in [0.2, 0.25) is 5.88 Å². The van der Waals surface area contributed by atoms with Crippen LogP contribution >= 0.6 is 12.2 Å². The summed E-state index contributed by atoms with van der Waals surface area (Å²) < 4.78 is 43.0. The van der Waals surface area contributed by atoms with Crippen LogP contribution in [0.1, 0.15) is 11.1 Å². The normalized spacial score (nSPS) is 11.2. The monoisotopic (exact) mass is 299 g/mol. The van der Waals surface area contributed by atoms with Crippen LogP contribution in [0.5, 0.6) is 11.6 Å². The summed E-state index contributed by atoms with van der Waals surface area (Å²) in [4.78, 5) is 0.0156. The van der Waals surface area contributed by atoms with Crippen molar-refractivity contribution in [3.05, 3.63) is 47.7 Å². The highest BCUT2D eigenvalue weighted by atomic mass is 32.1. The van der Waals surface area contributed by atoms with Crippen molar-refractivity contribution in [3.8, 4) is 11.6 Å². The van der Waals surface area contributed by atoms with Gasteiger partial charge in [0.25, 0.3) is 0 Å². The van der Waals surface area contributed by atoms with Crippen molar-refractivity contribution in [2.45, 2.75) is 6.18 Å². The van der Waals surface area contributed by atoms with E-state index in [4.69, 9.17) is 22.7 Å². The van der Waals surface area contributed by atoms with Crippen molar-refractivity contribution < 1.29 is 17.9 Å². The van der Waals surface area contributed by atoms with Crippen LogP contribution in [0.25, 0.3) is 0 Å². The average molecular weight is 299 g/mol. The number of ether oxygens (including phenoxy) is 1. The van der Waals surface area contributed by atoms with Crippen molar-refractivity contribution in [3.63, 3.8) is 0 Å². The Kier molecular flexibility index (Phi) is 3.84. The second-order valence-electron chi connectivity index (χ2n) is 3.74. The van der Waals surface area contributed by atoms with Gasteiger partial charge in [0.15, 0.2) is 0 Å². The number of hydrogen-bond acceptors (Lipinski definition) is 4. The van der Waals surface area contributed by atoms with Crippen LogP contribution in [0, 0.1) is 0 Å². The molecule has 0 saturated heterocycles. The van der Waals surface area contributed by atoms with Crippen LogP contribution in [0.4, 0.5) is 13.2 Å². The zero-order valence-electron chi connectivity index (χ0n) is 9.89. The lowest BCUT2D eigenvalue weighted by molar-refractivity contribution is -0.137. The molecule has 0 bridgehead atoms. The standard InChI is InChI=1S/C12H8F3N3OS/c13-12(14,15)7-2-1-3-8(6-7)19-11-9(10(16)20)4-5-17-18-11/h1-6H,(H2,16,20). The van der Waals surface area contributed by atoms with Crippen LogP contribution < -0.4 is 10.5 Å². The number of thiocarbonyl (C=S) groups is 1. The lowest BCUT2D eigenvalue weighted by Gasteiger charge is -2.10. The zero-order valence-corrected chi connectivity index (χ0v) is 10.7. The van der Waals surface area contributed by atoms with Crippen LogP contribution in [0.3, 0.4) is 0 Å². The fourth-order valence-electron chi connectivity index (χ4n) is 1.43. The number of benzene rings is 1. The molecule has 4 nitrogen and oxygen atoms in total. The maximum atomic E-state index is 12.6. The summed E-state index contributed by atoms with van der Waals surface area (Å²) in [7, 11) is 0. The number of aromatic nitrogens is 2. The Hall–Kier alpha value is -2.22. The molecule has 8 heteroatoms. The minimum absolute atomic E-state index is 0.0156. The van der Waals surface area contributed by atoms with Gasteiger partial charge < -0.3 is 10.5 Å². The van der Waals surface area contributed by atoms with E-state index in [0.717, 1.165) is 12.1 Å². The number of hydrogen-bond donors (Lipinski definition) is 1. The number of nitrogens with zero attached hydrogens (tertiary/aromatic N) is 2. The molecule has 2 N–H and O–H groups in total. The molecule has 2 rings (SSSR count). The number of alkyl halides is 3. The summed E-state index contributed by atoms with van der Waals surface area (Å²) >= 11 is 4.80. The van der Waals surface area contributed by atoms with Crippen LogP contribution in [0.2, 0.25) is 0 Å². The van der Waals surface area contributed by atoms with E-state index in [1.54, 1.807) is 0 Å². The molecule has 2 aromatic rings. The summed E-state index contributed by atoms with van der Waals surface area (Å²) in [6.45, 7) is 0. The molecule has 0 radical (unpaired) electrons. The van der Waals surface area contributed by atoms with E-state index in [9.17, 15) is 13.2 Å². The van der Waals surface area contributed by atoms with Gasteiger partial charge >= 0.3 is 6.18 Å². The Morgan fingerprint density at radius 1 is 1.25 bits per heavy atom. The number of halogens is 3. The molecule has 0 aliphatic carbocycles. The van der Waals surface area contributed by atoms with Gasteiger partial charge in [-0.25, -0.2) is 0 Å². The Labute approximate surface area is 117 Å². The van der Waals surface area contributed by atoms with Gasteiger partial charge in [-0.2, -0.15) is 18.3 Å². The van der Waals surface area contributed by atoms with E-state index >= 15 is 0 Å². The van der Waals surface area contributed by atoms with Gasteiger partial charge in [-0.05, 0) is 24.3 Å². The van der Waals surface area contributed by atoms with E-state index in [0.29, 0.717) is 5.56 Å². The SMILES string of the molecule is NC(=S)c1ccnnc1Oc1cccc(C(F)(F)F)c1. The first kappa shape index (κ1) is 14.2. The predicted octanol–water partition coefficient (Wildman–Crippen LogP) is 2.92. The van der Waals surface area contributed by atoms with Gasteiger partial charge in [0.1, 0.15) is 10.7 Å². The molecule has 0 atom stereocenters. The van der Waals surface area contributed by atoms with Gasteiger partial charge in [0.05, 0.1) is 17.3 Å². The largest absolute Gasteiger partial charge is 0.437 e. The zero-order chi connectivity index (χ0) is 14.8. The lowest BCUT2D eigenvalue weighted by atomic mass is 10.2. The van der Waals surface area contributed by atoms with Crippen molar-refractivity contribution in [2.75, 3.05) is 0 Å². The highest BCUT2D eigenvalue weighted by molar-refractivity contribution is 7.80. The van der Waals surface area contributed by atoms with Crippen molar-refractivity contribution in [1.82, 2.24) is 10.2 Å². The predicted molar refractivity (Wildman–Crippen MR) is 69.4 cm³/mol. The summed E-state index contributed by atoms with van der Waals surface area (Å²) in [5.41, 5.74) is 4.95. The van der Waals surface area contributed by atoms with Gasteiger partial charge in [-0.15, -0.1) is 5.10 Å². The summed E-state index contributed by atoms with van der Waals surface area (Å²) in [5.74, 6) is -0.0721. The highest BCUT2D eigenvalue weighted by Gasteiger charge is 2.30. The Morgan fingerprint density at radius 2 is 2.00 bits per heavy atom. The Bertz CT molecular complexity index is 646. The third kappa shape index (κ3) is 3.21. The second-order valence-corrected chi connectivity index (χ2v) is 4.18. The molecule has 0 aliphatic rings. The first-order valence-electron chi connectivity index (χ1n) is 5.34. The summed E-state index contributed by atoms with van der Waals surface area (Å²) in [5, 5.41) is 7.25. The molecule has 0 saturated carbocycles. The van der Waals surface area contributed by atoms with E-state index in [-0.39, 0.29) is 16.6 Å². The van der Waals surface area contributed by atoms with Crippen molar-refractivity contribution in [2.24, 2.45) is 5.73 Å². The maximum absolute atomic E-state index is 12.6. The van der Waals surface area contributed by atoms with Crippen molar-refractivity contribution in [1.29, 1.82) is 0 Å². The summed E-state index contributed by atoms with van der Waals surface area (Å²) in [6, 6.07) is 5.87. The average Bonchev–Trinajstić information content (AvgIpc) is 2.38. The van der Waals surface area contributed by atoms with E-state index in [1.807, 2.05) is 0 Å². The molecular weight excluding hydrogens is 291 g/mol. The Morgan fingerprint density at radius 3 is 2.65 bits per heavy atom. The third-order valence-corrected chi connectivity index (χ3v) is 2.55. The van der Waals surface area contributed by atoms with E-state index < -0.39 is 11.7 Å². The molecule has 0 fully saturated rings. The summed E-state index contributed by atoms with van der Waals surface area (Å²) in [6.07, 6.45) is -3.10. The highest BCUT2D eigenvalue weighted by Crippen LogP contribution is 2.32. The first-order chi connectivity index (χ1) is 9.38. The van der Waals surface area contributed by atoms with E-state index in [2.05, 4.69) is 10.2 Å². The van der Waals surface area contributed by atoms with E-state index in [1.165, 1.54) is 24.4 Å². The van der Waals surface area contributed by atoms with Crippen LogP contribution in [0.15, 0.2) is 36.5 Å². The molecule has 0 amide bonds. The van der Waals surface area contributed by atoms with Crippen molar-refractivity contribution >= 4 is 17.2 Å².